The quantitative estimate of drug-likeness (QED) is 0.940. The summed E-state index contributed by atoms with van der Waals surface area (Å²) in [4.78, 5) is 18.3. The van der Waals surface area contributed by atoms with Gasteiger partial charge in [0.1, 0.15) is 11.1 Å². The maximum absolute atomic E-state index is 12.5. The van der Waals surface area contributed by atoms with Crippen LogP contribution in [0.5, 0.6) is 0 Å². The number of amidine groups is 1. The maximum atomic E-state index is 12.5. The molecular weight excluding hydrogens is 306 g/mol. The summed E-state index contributed by atoms with van der Waals surface area (Å²) in [5.74, 6) is 0.700. The van der Waals surface area contributed by atoms with E-state index >= 15 is 0 Å². The number of aliphatic imine (C=N–C) groups is 1. The molecule has 2 aromatic rings. The number of aryl methyl sites for hydroxylation is 2. The Morgan fingerprint density at radius 3 is 2.39 bits per heavy atom. The van der Waals surface area contributed by atoms with Gasteiger partial charge in [-0.2, -0.15) is 0 Å². The molecular formula is C18H19N3OS. The molecule has 5 heteroatoms. The summed E-state index contributed by atoms with van der Waals surface area (Å²) in [5, 5.41) is 1.16. The van der Waals surface area contributed by atoms with E-state index in [0.717, 1.165) is 21.7 Å². The van der Waals surface area contributed by atoms with Gasteiger partial charge in [0, 0.05) is 11.9 Å². The highest BCUT2D eigenvalue weighted by Crippen LogP contribution is 2.31. The predicted molar refractivity (Wildman–Crippen MR) is 95.0 cm³/mol. The average molecular weight is 325 g/mol. The van der Waals surface area contributed by atoms with Crippen molar-refractivity contribution >= 4 is 29.2 Å². The number of hydrazine groups is 1. The van der Waals surface area contributed by atoms with Crippen molar-refractivity contribution in [2.45, 2.75) is 24.0 Å². The van der Waals surface area contributed by atoms with Gasteiger partial charge in [-0.3, -0.25) is 15.2 Å². The third-order valence-electron chi connectivity index (χ3n) is 3.78. The normalized spacial score (nSPS) is 19.3. The Kier molecular flexibility index (Phi) is 4.39. The molecule has 2 aromatic carbocycles. The van der Waals surface area contributed by atoms with Crippen LogP contribution in [0, 0.1) is 13.8 Å². The summed E-state index contributed by atoms with van der Waals surface area (Å²) in [6.07, 6.45) is 0. The number of carbonyl (C=O) groups excluding carboxylic acids is 1. The molecule has 0 bridgehead atoms. The molecule has 3 rings (SSSR count). The summed E-state index contributed by atoms with van der Waals surface area (Å²) < 4.78 is 0. The summed E-state index contributed by atoms with van der Waals surface area (Å²) in [6, 6.07) is 16.0. The third-order valence-corrected chi connectivity index (χ3v) is 5.15. The lowest BCUT2D eigenvalue weighted by Crippen LogP contribution is -2.31. The molecule has 0 aliphatic carbocycles. The second-order valence-electron chi connectivity index (χ2n) is 5.56. The lowest BCUT2D eigenvalue weighted by atomic mass is 10.2. The molecule has 1 aliphatic rings. The number of rotatable bonds is 3. The topological polar surface area (TPSA) is 44.7 Å². The number of thioether (sulfide) groups is 1. The zero-order chi connectivity index (χ0) is 16.4. The van der Waals surface area contributed by atoms with Crippen molar-refractivity contribution in [3.8, 4) is 0 Å². The van der Waals surface area contributed by atoms with Crippen LogP contribution in [0.3, 0.4) is 0 Å². The van der Waals surface area contributed by atoms with Crippen molar-refractivity contribution in [2.75, 3.05) is 7.05 Å². The van der Waals surface area contributed by atoms with E-state index in [-0.39, 0.29) is 11.2 Å². The lowest BCUT2D eigenvalue weighted by molar-refractivity contribution is -0.127. The average Bonchev–Trinajstić information content (AvgIpc) is 2.79. The molecule has 118 valence electrons. The Bertz CT molecular complexity index is 772. The first kappa shape index (κ1) is 15.6. The van der Waals surface area contributed by atoms with Crippen LogP contribution < -0.4 is 5.43 Å². The van der Waals surface area contributed by atoms with Crippen molar-refractivity contribution in [2.24, 2.45) is 4.99 Å². The minimum Gasteiger partial charge on any atom is -0.282 e. The molecule has 4 nitrogen and oxygen atoms in total. The van der Waals surface area contributed by atoms with Crippen LogP contribution in [-0.4, -0.2) is 29.0 Å². The van der Waals surface area contributed by atoms with Gasteiger partial charge in [-0.15, -0.1) is 11.8 Å². The predicted octanol–water partition coefficient (Wildman–Crippen LogP) is 3.47. The van der Waals surface area contributed by atoms with Gasteiger partial charge in [0.2, 0.25) is 0 Å². The smallest absolute Gasteiger partial charge is 0.261 e. The zero-order valence-electron chi connectivity index (χ0n) is 13.4. The van der Waals surface area contributed by atoms with Crippen molar-refractivity contribution in [1.29, 1.82) is 0 Å². The number of para-hydroxylation sites is 1. The van der Waals surface area contributed by atoms with Crippen molar-refractivity contribution in [3.05, 3.63) is 59.7 Å². The molecule has 0 saturated carbocycles. The van der Waals surface area contributed by atoms with Gasteiger partial charge < -0.3 is 0 Å². The molecule has 1 unspecified atom stereocenters. The van der Waals surface area contributed by atoms with E-state index in [4.69, 9.17) is 0 Å². The first-order valence-electron chi connectivity index (χ1n) is 7.47. The van der Waals surface area contributed by atoms with E-state index in [1.54, 1.807) is 7.05 Å². The standard InChI is InChI=1S/C18H19N3OS/c1-12-8-4-6-10-14(12)19-17-16(18(22)21(3)20-17)23-15-11-7-5-9-13(15)2/h4-11,16H,1-3H3,(H,19,20). The van der Waals surface area contributed by atoms with E-state index in [2.05, 4.69) is 23.4 Å². The maximum Gasteiger partial charge on any atom is 0.261 e. The van der Waals surface area contributed by atoms with E-state index in [0.29, 0.717) is 5.84 Å². The van der Waals surface area contributed by atoms with E-state index in [1.165, 1.54) is 16.8 Å². The zero-order valence-corrected chi connectivity index (χ0v) is 14.2. The van der Waals surface area contributed by atoms with Crippen LogP contribution in [0.25, 0.3) is 0 Å². The van der Waals surface area contributed by atoms with Crippen molar-refractivity contribution in [3.63, 3.8) is 0 Å². The van der Waals surface area contributed by atoms with Gasteiger partial charge in [0.25, 0.3) is 5.91 Å². The second kappa shape index (κ2) is 6.46. The Hall–Kier alpha value is -2.27. The number of amides is 1. The Morgan fingerprint density at radius 1 is 1.04 bits per heavy atom. The first-order valence-corrected chi connectivity index (χ1v) is 8.35. The lowest BCUT2D eigenvalue weighted by Gasteiger charge is -2.10. The molecule has 1 fully saturated rings. The highest BCUT2D eigenvalue weighted by molar-refractivity contribution is 8.01. The van der Waals surface area contributed by atoms with Crippen molar-refractivity contribution < 1.29 is 4.79 Å². The van der Waals surface area contributed by atoms with Crippen LogP contribution >= 0.6 is 11.8 Å². The minimum absolute atomic E-state index is 0.0191. The fourth-order valence-electron chi connectivity index (χ4n) is 2.40. The number of hydrogen-bond acceptors (Lipinski definition) is 3. The second-order valence-corrected chi connectivity index (χ2v) is 6.70. The van der Waals surface area contributed by atoms with Gasteiger partial charge in [-0.05, 0) is 37.1 Å². The van der Waals surface area contributed by atoms with Crippen LogP contribution in [0.4, 0.5) is 5.69 Å². The third kappa shape index (κ3) is 3.24. The highest BCUT2D eigenvalue weighted by atomic mass is 32.2. The van der Waals surface area contributed by atoms with Gasteiger partial charge in [0.15, 0.2) is 0 Å². The fraction of sp³-hybridized carbons (Fsp3) is 0.222. The molecule has 0 spiro atoms. The van der Waals surface area contributed by atoms with Gasteiger partial charge in [0.05, 0.1) is 5.69 Å². The van der Waals surface area contributed by atoms with E-state index < -0.39 is 0 Å². The Labute approximate surface area is 140 Å². The number of benzene rings is 2. The van der Waals surface area contributed by atoms with E-state index in [1.807, 2.05) is 49.4 Å². The number of carbonyl (C=O) groups is 1. The Balaban J connectivity index is 1.94. The number of nitrogens with one attached hydrogen (secondary N) is 1. The summed E-state index contributed by atoms with van der Waals surface area (Å²) >= 11 is 1.54. The minimum atomic E-state index is -0.347. The Morgan fingerprint density at radius 2 is 1.70 bits per heavy atom. The monoisotopic (exact) mass is 325 g/mol. The van der Waals surface area contributed by atoms with Crippen LogP contribution in [-0.2, 0) is 4.79 Å². The van der Waals surface area contributed by atoms with E-state index in [9.17, 15) is 4.79 Å². The molecule has 1 saturated heterocycles. The van der Waals surface area contributed by atoms with Crippen molar-refractivity contribution in [1.82, 2.24) is 10.4 Å². The summed E-state index contributed by atoms with van der Waals surface area (Å²) in [6.45, 7) is 4.07. The molecule has 23 heavy (non-hydrogen) atoms. The van der Waals surface area contributed by atoms with Crippen LogP contribution in [0.1, 0.15) is 11.1 Å². The number of nitrogens with zero attached hydrogens (tertiary/aromatic N) is 2. The molecule has 1 amide bonds. The molecule has 1 N–H and O–H groups in total. The SMILES string of the molecule is Cc1ccccc1N=C1NN(C)C(=O)C1Sc1ccccc1C. The van der Waals surface area contributed by atoms with Crippen LogP contribution in [0.15, 0.2) is 58.4 Å². The van der Waals surface area contributed by atoms with Gasteiger partial charge in [-0.25, -0.2) is 4.99 Å². The summed E-state index contributed by atoms with van der Waals surface area (Å²) in [5.41, 5.74) is 6.21. The molecule has 1 aliphatic heterocycles. The van der Waals surface area contributed by atoms with Crippen LogP contribution in [0.2, 0.25) is 0 Å². The molecule has 0 aromatic heterocycles. The molecule has 0 radical (unpaired) electrons. The number of hydrogen-bond donors (Lipinski definition) is 1. The molecule has 1 atom stereocenters. The molecule has 1 heterocycles. The largest absolute Gasteiger partial charge is 0.282 e. The highest BCUT2D eigenvalue weighted by Gasteiger charge is 2.36. The van der Waals surface area contributed by atoms with Gasteiger partial charge >= 0.3 is 0 Å². The fourth-order valence-corrected chi connectivity index (χ4v) is 3.54. The summed E-state index contributed by atoms with van der Waals surface area (Å²) in [7, 11) is 1.73. The first-order chi connectivity index (χ1) is 11.1. The van der Waals surface area contributed by atoms with Gasteiger partial charge in [-0.1, -0.05) is 36.4 Å².